The van der Waals surface area contributed by atoms with Crippen molar-refractivity contribution in [3.63, 3.8) is 0 Å². The van der Waals surface area contributed by atoms with Gasteiger partial charge in [-0.05, 0) is 73.5 Å². The molecule has 1 fully saturated rings. The molecule has 0 N–H and O–H groups in total. The summed E-state index contributed by atoms with van der Waals surface area (Å²) in [5, 5.41) is 5.11. The Bertz CT molecular complexity index is 1240. The highest BCUT2D eigenvalue weighted by molar-refractivity contribution is 7.98. The summed E-state index contributed by atoms with van der Waals surface area (Å²) in [5.74, 6) is 0.962. The fourth-order valence-corrected chi connectivity index (χ4v) is 5.45. The summed E-state index contributed by atoms with van der Waals surface area (Å²) in [7, 11) is 0. The average molecular weight is 529 g/mol. The van der Waals surface area contributed by atoms with E-state index < -0.39 is 0 Å². The lowest BCUT2D eigenvalue weighted by Gasteiger charge is -2.34. The molecule has 192 valence electrons. The van der Waals surface area contributed by atoms with Gasteiger partial charge in [-0.25, -0.2) is 23.9 Å². The number of fused-ring (bicyclic) bond motifs is 1. The Hall–Kier alpha value is -2.72. The minimum atomic E-state index is -0.277. The Balaban J connectivity index is 0.00000148. The van der Waals surface area contributed by atoms with Crippen LogP contribution in [0.3, 0.4) is 0 Å². The first-order valence-corrected chi connectivity index (χ1v) is 14.5. The van der Waals surface area contributed by atoms with Crippen LogP contribution >= 0.6 is 23.1 Å². The van der Waals surface area contributed by atoms with Gasteiger partial charge in [-0.15, -0.1) is 16.9 Å². The number of anilines is 1. The van der Waals surface area contributed by atoms with Crippen molar-refractivity contribution >= 4 is 34.0 Å². The highest BCUT2D eigenvalue weighted by atomic mass is 32.2. The van der Waals surface area contributed by atoms with Crippen molar-refractivity contribution in [2.45, 2.75) is 58.0 Å². The maximum Gasteiger partial charge on any atom is 0.294 e. The summed E-state index contributed by atoms with van der Waals surface area (Å²) in [6, 6.07) is 5.20. The SMILES string of the molecule is CC.CCc1cnc(N2CCC(C(C)Oc3nn4cc(-c5ccc(SC)cc5F)nc4s3)CC2)nc1. The lowest BCUT2D eigenvalue weighted by molar-refractivity contribution is 0.131. The number of nitrogens with zero attached hydrogens (tertiary/aromatic N) is 6. The maximum atomic E-state index is 14.5. The molecule has 10 heteroatoms. The molecule has 3 aromatic heterocycles. The number of hydrogen-bond donors (Lipinski definition) is 0. The Kier molecular flexibility index (Phi) is 8.79. The van der Waals surface area contributed by atoms with Crippen molar-refractivity contribution in [2.75, 3.05) is 24.2 Å². The van der Waals surface area contributed by atoms with Gasteiger partial charge in [0.05, 0.1) is 11.9 Å². The fraction of sp³-hybridized carbons (Fsp3) is 0.462. The van der Waals surface area contributed by atoms with Gasteiger partial charge in [-0.2, -0.15) is 0 Å². The predicted molar refractivity (Wildman–Crippen MR) is 146 cm³/mol. The van der Waals surface area contributed by atoms with Crippen LogP contribution in [0.25, 0.3) is 16.2 Å². The average Bonchev–Trinajstić information content (AvgIpc) is 3.48. The molecule has 1 aliphatic rings. The zero-order valence-corrected chi connectivity index (χ0v) is 23.1. The normalized spacial score (nSPS) is 15.0. The summed E-state index contributed by atoms with van der Waals surface area (Å²) in [5.41, 5.74) is 2.21. The number of ether oxygens (including phenoxy) is 1. The minimum Gasteiger partial charge on any atom is -0.466 e. The number of imidazole rings is 1. The van der Waals surface area contributed by atoms with Crippen molar-refractivity contribution in [2.24, 2.45) is 5.92 Å². The molecule has 1 atom stereocenters. The monoisotopic (exact) mass is 528 g/mol. The van der Waals surface area contributed by atoms with E-state index >= 15 is 0 Å². The topological polar surface area (TPSA) is 68.4 Å². The first-order chi connectivity index (χ1) is 17.5. The zero-order valence-electron chi connectivity index (χ0n) is 21.4. The van der Waals surface area contributed by atoms with Crippen LogP contribution in [0.15, 0.2) is 41.7 Å². The predicted octanol–water partition coefficient (Wildman–Crippen LogP) is 6.38. The first-order valence-electron chi connectivity index (χ1n) is 12.5. The van der Waals surface area contributed by atoms with Gasteiger partial charge in [-0.3, -0.25) is 0 Å². The molecule has 0 radical (unpaired) electrons. The molecule has 0 aliphatic carbocycles. The van der Waals surface area contributed by atoms with E-state index in [1.54, 1.807) is 16.8 Å². The number of aryl methyl sites for hydroxylation is 1. The number of halogens is 1. The van der Waals surface area contributed by atoms with Crippen LogP contribution in [0, 0.1) is 11.7 Å². The minimum absolute atomic E-state index is 0.0393. The summed E-state index contributed by atoms with van der Waals surface area (Å²) >= 11 is 2.89. The molecule has 0 amide bonds. The van der Waals surface area contributed by atoms with Crippen LogP contribution < -0.4 is 9.64 Å². The zero-order chi connectivity index (χ0) is 25.7. The van der Waals surface area contributed by atoms with E-state index in [1.807, 2.05) is 38.6 Å². The van der Waals surface area contributed by atoms with E-state index in [2.05, 4.69) is 38.8 Å². The maximum absolute atomic E-state index is 14.5. The van der Waals surface area contributed by atoms with E-state index in [4.69, 9.17) is 4.74 Å². The molecule has 0 bridgehead atoms. The Morgan fingerprint density at radius 1 is 1.19 bits per heavy atom. The number of rotatable bonds is 7. The van der Waals surface area contributed by atoms with Crippen molar-refractivity contribution in [3.8, 4) is 16.5 Å². The Labute approximate surface area is 220 Å². The van der Waals surface area contributed by atoms with Crippen LogP contribution in [0.1, 0.15) is 46.1 Å². The summed E-state index contributed by atoms with van der Waals surface area (Å²) in [4.78, 5) is 17.4. The number of hydrogen-bond acceptors (Lipinski definition) is 8. The van der Waals surface area contributed by atoms with Crippen molar-refractivity contribution in [3.05, 3.63) is 48.2 Å². The smallest absolute Gasteiger partial charge is 0.294 e. The first kappa shape index (κ1) is 26.3. The van der Waals surface area contributed by atoms with Crippen LogP contribution in [0.2, 0.25) is 0 Å². The van der Waals surface area contributed by atoms with Gasteiger partial charge < -0.3 is 9.64 Å². The molecular formula is C26H33FN6OS2. The molecule has 7 nitrogen and oxygen atoms in total. The number of piperidine rings is 1. The fourth-order valence-electron chi connectivity index (χ4n) is 4.21. The van der Waals surface area contributed by atoms with E-state index in [1.165, 1.54) is 29.2 Å². The summed E-state index contributed by atoms with van der Waals surface area (Å²) in [6.07, 6.45) is 10.5. The molecule has 4 aromatic rings. The van der Waals surface area contributed by atoms with Gasteiger partial charge in [-0.1, -0.05) is 20.8 Å². The molecule has 5 rings (SSSR count). The van der Waals surface area contributed by atoms with Gasteiger partial charge in [0.1, 0.15) is 11.9 Å². The third-order valence-electron chi connectivity index (χ3n) is 6.35. The number of benzene rings is 1. The standard InChI is InChI=1S/C24H27FN6OS2.C2H6/c1-4-16-12-26-22(27-13-16)30-9-7-17(8-10-30)15(2)32-24-29-31-14-21(28-23(31)34-24)19-6-5-18(33-3)11-20(19)25;1-2/h5-6,11-15,17H,4,7-10H2,1-3H3;1-2H3. The molecule has 1 unspecified atom stereocenters. The van der Waals surface area contributed by atoms with E-state index in [0.29, 0.717) is 27.3 Å². The second-order valence-corrected chi connectivity index (χ2v) is 10.3. The van der Waals surface area contributed by atoms with E-state index in [0.717, 1.165) is 48.8 Å². The lowest BCUT2D eigenvalue weighted by atomic mass is 9.92. The van der Waals surface area contributed by atoms with Crippen LogP contribution in [-0.2, 0) is 6.42 Å². The molecule has 4 heterocycles. The highest BCUT2D eigenvalue weighted by Crippen LogP contribution is 2.31. The van der Waals surface area contributed by atoms with Gasteiger partial charge in [0.25, 0.3) is 5.19 Å². The summed E-state index contributed by atoms with van der Waals surface area (Å²) in [6.45, 7) is 10.0. The quantitative estimate of drug-likeness (QED) is 0.258. The summed E-state index contributed by atoms with van der Waals surface area (Å²) < 4.78 is 22.3. The third kappa shape index (κ3) is 5.81. The van der Waals surface area contributed by atoms with Gasteiger partial charge in [0.2, 0.25) is 10.9 Å². The van der Waals surface area contributed by atoms with Crippen LogP contribution in [0.5, 0.6) is 5.19 Å². The van der Waals surface area contributed by atoms with Crippen molar-refractivity contribution < 1.29 is 9.13 Å². The lowest BCUT2D eigenvalue weighted by Crippen LogP contribution is -2.39. The van der Waals surface area contributed by atoms with Gasteiger partial charge in [0, 0.05) is 35.9 Å². The molecule has 1 saturated heterocycles. The van der Waals surface area contributed by atoms with Crippen molar-refractivity contribution in [1.29, 1.82) is 0 Å². The molecule has 1 aliphatic heterocycles. The number of aromatic nitrogens is 5. The molecule has 0 spiro atoms. The molecule has 1 aromatic carbocycles. The highest BCUT2D eigenvalue weighted by Gasteiger charge is 2.27. The number of thioether (sulfide) groups is 1. The van der Waals surface area contributed by atoms with E-state index in [-0.39, 0.29) is 11.9 Å². The van der Waals surface area contributed by atoms with Crippen molar-refractivity contribution in [1.82, 2.24) is 24.6 Å². The van der Waals surface area contributed by atoms with E-state index in [9.17, 15) is 4.39 Å². The second kappa shape index (κ2) is 12.0. The molecular weight excluding hydrogens is 495 g/mol. The molecule has 36 heavy (non-hydrogen) atoms. The largest absolute Gasteiger partial charge is 0.466 e. The molecule has 0 saturated carbocycles. The second-order valence-electron chi connectivity index (χ2n) is 8.46. The van der Waals surface area contributed by atoms with Crippen LogP contribution in [0.4, 0.5) is 10.3 Å². The van der Waals surface area contributed by atoms with Crippen LogP contribution in [-0.4, -0.2) is 50.0 Å². The third-order valence-corrected chi connectivity index (χ3v) is 7.89. The Morgan fingerprint density at radius 3 is 2.53 bits per heavy atom. The van der Waals surface area contributed by atoms with Gasteiger partial charge >= 0.3 is 0 Å². The van der Waals surface area contributed by atoms with Gasteiger partial charge in [0.15, 0.2) is 0 Å². The Morgan fingerprint density at radius 2 is 1.92 bits per heavy atom.